The number of ether oxygens (including phenoxy) is 2. The van der Waals surface area contributed by atoms with Crippen LogP contribution in [0, 0.1) is 13.8 Å². The molecule has 0 saturated carbocycles. The number of carbonyl (C=O) groups is 4. The molecule has 2 aromatic rings. The average Bonchev–Trinajstić information content (AvgIpc) is 2.87. The largest absolute Gasteiger partial charge is 0.458 e. The van der Waals surface area contributed by atoms with Crippen molar-refractivity contribution in [1.82, 2.24) is 15.5 Å². The van der Waals surface area contributed by atoms with E-state index in [1.807, 2.05) is 69.3 Å². The second-order valence-corrected chi connectivity index (χ2v) is 12.4. The van der Waals surface area contributed by atoms with Gasteiger partial charge in [0.25, 0.3) is 0 Å². The van der Waals surface area contributed by atoms with Gasteiger partial charge in [0.05, 0.1) is 0 Å². The summed E-state index contributed by atoms with van der Waals surface area (Å²) in [4.78, 5) is 54.9. The highest BCUT2D eigenvalue weighted by Gasteiger charge is 2.36. The lowest BCUT2D eigenvalue weighted by Crippen LogP contribution is -2.52. The summed E-state index contributed by atoms with van der Waals surface area (Å²) in [6, 6.07) is 12.9. The highest BCUT2D eigenvalue weighted by Crippen LogP contribution is 2.27. The highest BCUT2D eigenvalue weighted by molar-refractivity contribution is 5.93. The molecule has 9 nitrogen and oxygen atoms in total. The fourth-order valence-electron chi connectivity index (χ4n) is 4.39. The predicted molar refractivity (Wildman–Crippen MR) is 163 cm³/mol. The van der Waals surface area contributed by atoms with Crippen molar-refractivity contribution >= 4 is 23.9 Å². The van der Waals surface area contributed by atoms with Gasteiger partial charge in [-0.25, -0.2) is 9.59 Å². The lowest BCUT2D eigenvalue weighted by Gasteiger charge is -2.34. The van der Waals surface area contributed by atoms with Crippen LogP contribution in [0.3, 0.4) is 0 Å². The number of nitrogens with one attached hydrogen (secondary N) is 2. The summed E-state index contributed by atoms with van der Waals surface area (Å²) in [7, 11) is 0. The first-order chi connectivity index (χ1) is 19.5. The lowest BCUT2D eigenvalue weighted by atomic mass is 9.94. The molecule has 0 spiro atoms. The molecule has 0 aromatic heterocycles. The fraction of sp³-hybridized carbons (Fsp3) is 0.515. The molecule has 0 aliphatic heterocycles. The topological polar surface area (TPSA) is 114 Å². The van der Waals surface area contributed by atoms with Crippen LogP contribution in [0.25, 0.3) is 0 Å². The first-order valence-corrected chi connectivity index (χ1v) is 14.4. The zero-order valence-corrected chi connectivity index (χ0v) is 26.5. The fourth-order valence-corrected chi connectivity index (χ4v) is 4.39. The van der Waals surface area contributed by atoms with Crippen molar-refractivity contribution in [1.29, 1.82) is 0 Å². The Hall–Kier alpha value is -3.88. The smallest absolute Gasteiger partial charge is 0.408 e. The quantitative estimate of drug-likeness (QED) is 0.354. The molecule has 2 rings (SSSR count). The van der Waals surface area contributed by atoms with Gasteiger partial charge in [-0.1, -0.05) is 55.5 Å². The maximum Gasteiger partial charge on any atom is 0.408 e. The van der Waals surface area contributed by atoms with Gasteiger partial charge in [0, 0.05) is 13.0 Å². The number of benzene rings is 2. The Kier molecular flexibility index (Phi) is 12.1. The molecule has 230 valence electrons. The summed E-state index contributed by atoms with van der Waals surface area (Å²) in [5, 5.41) is 5.41. The molecule has 2 unspecified atom stereocenters. The van der Waals surface area contributed by atoms with E-state index < -0.39 is 47.2 Å². The molecule has 0 radical (unpaired) electrons. The van der Waals surface area contributed by atoms with E-state index >= 15 is 0 Å². The molecule has 2 atom stereocenters. The van der Waals surface area contributed by atoms with E-state index in [9.17, 15) is 19.2 Å². The number of hydrogen-bond acceptors (Lipinski definition) is 6. The summed E-state index contributed by atoms with van der Waals surface area (Å²) in [5.74, 6) is -1.55. The molecule has 0 fully saturated rings. The number of rotatable bonds is 11. The van der Waals surface area contributed by atoms with Gasteiger partial charge in [0.1, 0.15) is 29.8 Å². The molecule has 0 bridgehead atoms. The number of carbonyl (C=O) groups excluding carboxylic acids is 4. The predicted octanol–water partition coefficient (Wildman–Crippen LogP) is 5.18. The average molecular weight is 582 g/mol. The minimum Gasteiger partial charge on any atom is -0.458 e. The molecule has 0 aliphatic carbocycles. The zero-order valence-electron chi connectivity index (χ0n) is 26.5. The maximum absolute atomic E-state index is 14.2. The van der Waals surface area contributed by atoms with Gasteiger partial charge in [-0.2, -0.15) is 0 Å². The zero-order chi connectivity index (χ0) is 31.7. The number of amides is 3. The van der Waals surface area contributed by atoms with E-state index in [1.165, 1.54) is 4.90 Å². The molecular formula is C33H47N3O6. The van der Waals surface area contributed by atoms with Gasteiger partial charge >= 0.3 is 12.1 Å². The van der Waals surface area contributed by atoms with Crippen LogP contribution in [-0.4, -0.2) is 59.1 Å². The number of aryl methyl sites for hydroxylation is 1. The number of alkyl carbamates (subject to hydrolysis) is 1. The molecule has 0 aliphatic rings. The van der Waals surface area contributed by atoms with Crippen LogP contribution in [0.1, 0.15) is 83.2 Å². The van der Waals surface area contributed by atoms with E-state index in [0.29, 0.717) is 12.0 Å². The summed E-state index contributed by atoms with van der Waals surface area (Å²) < 4.78 is 10.9. The van der Waals surface area contributed by atoms with E-state index in [2.05, 4.69) is 10.6 Å². The SMILES string of the molecule is CCCN(C(=O)CNC(=O)OC(C)(C)C)C(C(=O)NC(Cc1ccccc1)C(=O)OC(C)(C)C)c1cccc(C)c1C. The van der Waals surface area contributed by atoms with Crippen LogP contribution in [0.15, 0.2) is 48.5 Å². The van der Waals surface area contributed by atoms with E-state index in [0.717, 1.165) is 16.7 Å². The van der Waals surface area contributed by atoms with Crippen molar-refractivity contribution in [2.45, 2.75) is 98.4 Å². The highest BCUT2D eigenvalue weighted by atomic mass is 16.6. The summed E-state index contributed by atoms with van der Waals surface area (Å²) in [5.41, 5.74) is 1.79. The third kappa shape index (κ3) is 10.8. The Morgan fingerprint density at radius 2 is 1.48 bits per heavy atom. The normalized spacial score (nSPS) is 13.0. The van der Waals surface area contributed by atoms with Crippen LogP contribution < -0.4 is 10.6 Å². The van der Waals surface area contributed by atoms with Crippen LogP contribution >= 0.6 is 0 Å². The Balaban J connectivity index is 2.48. The lowest BCUT2D eigenvalue weighted by molar-refractivity contribution is -0.159. The van der Waals surface area contributed by atoms with Crippen molar-refractivity contribution in [3.05, 3.63) is 70.8 Å². The number of esters is 1. The minimum absolute atomic E-state index is 0.211. The van der Waals surface area contributed by atoms with Crippen LogP contribution in [0.2, 0.25) is 0 Å². The molecule has 2 aromatic carbocycles. The van der Waals surface area contributed by atoms with Crippen molar-refractivity contribution in [2.24, 2.45) is 0 Å². The van der Waals surface area contributed by atoms with Gasteiger partial charge in [-0.15, -0.1) is 0 Å². The Morgan fingerprint density at radius 3 is 2.05 bits per heavy atom. The molecule has 2 N–H and O–H groups in total. The van der Waals surface area contributed by atoms with E-state index in [-0.39, 0.29) is 19.5 Å². The maximum atomic E-state index is 14.2. The molecule has 0 heterocycles. The second kappa shape index (κ2) is 14.8. The van der Waals surface area contributed by atoms with Gasteiger partial charge in [-0.05, 0) is 84.1 Å². The first-order valence-electron chi connectivity index (χ1n) is 14.4. The molecular weight excluding hydrogens is 534 g/mol. The minimum atomic E-state index is -1.06. The first kappa shape index (κ1) is 34.3. The van der Waals surface area contributed by atoms with Crippen molar-refractivity contribution in [3.8, 4) is 0 Å². The molecule has 42 heavy (non-hydrogen) atoms. The Bertz CT molecular complexity index is 1230. The molecule has 3 amide bonds. The van der Waals surface area contributed by atoms with E-state index in [1.54, 1.807) is 41.5 Å². The Labute approximate surface area is 250 Å². The van der Waals surface area contributed by atoms with Gasteiger partial charge in [0.15, 0.2) is 0 Å². The number of hydrogen-bond donors (Lipinski definition) is 2. The van der Waals surface area contributed by atoms with Crippen LogP contribution in [0.5, 0.6) is 0 Å². The van der Waals surface area contributed by atoms with Gasteiger partial charge < -0.3 is 25.0 Å². The summed E-state index contributed by atoms with van der Waals surface area (Å²) in [6.07, 6.45) is 0.0443. The standard InChI is InChI=1S/C33H47N3O6/c1-10-19-36(27(37)21-34-31(40)42-33(7,8)9)28(25-18-14-15-22(2)23(25)3)29(38)35-26(30(39)41-32(4,5)6)20-24-16-12-11-13-17-24/h11-18,26,28H,10,19-21H2,1-9H3,(H,34,40)(H,35,38). The third-order valence-corrected chi connectivity index (χ3v) is 6.36. The van der Waals surface area contributed by atoms with Crippen LogP contribution in [0.4, 0.5) is 4.79 Å². The van der Waals surface area contributed by atoms with Crippen LogP contribution in [-0.2, 0) is 30.3 Å². The van der Waals surface area contributed by atoms with Crippen molar-refractivity contribution in [3.63, 3.8) is 0 Å². The Morgan fingerprint density at radius 1 is 0.857 bits per heavy atom. The second-order valence-electron chi connectivity index (χ2n) is 12.4. The number of nitrogens with zero attached hydrogens (tertiary/aromatic N) is 1. The van der Waals surface area contributed by atoms with Crippen molar-refractivity contribution < 1.29 is 28.7 Å². The van der Waals surface area contributed by atoms with Gasteiger partial charge in [0.2, 0.25) is 11.8 Å². The summed E-state index contributed by atoms with van der Waals surface area (Å²) in [6.45, 7) is 16.1. The van der Waals surface area contributed by atoms with E-state index in [4.69, 9.17) is 9.47 Å². The monoisotopic (exact) mass is 581 g/mol. The molecule has 9 heteroatoms. The third-order valence-electron chi connectivity index (χ3n) is 6.36. The molecule has 0 saturated heterocycles. The summed E-state index contributed by atoms with van der Waals surface area (Å²) >= 11 is 0. The van der Waals surface area contributed by atoms with Crippen molar-refractivity contribution in [2.75, 3.05) is 13.1 Å². The van der Waals surface area contributed by atoms with Gasteiger partial charge in [-0.3, -0.25) is 9.59 Å².